The molecule has 3 rings (SSSR count). The summed E-state index contributed by atoms with van der Waals surface area (Å²) >= 11 is 0. The van der Waals surface area contributed by atoms with Gasteiger partial charge in [-0.15, -0.1) is 0 Å². The molecular formula is C20H20N2O5S. The summed E-state index contributed by atoms with van der Waals surface area (Å²) in [5.41, 5.74) is 0.728. The monoisotopic (exact) mass is 400 g/mol. The van der Waals surface area contributed by atoms with Crippen LogP contribution < -0.4 is 14.8 Å². The van der Waals surface area contributed by atoms with E-state index in [9.17, 15) is 13.2 Å². The molecule has 0 spiro atoms. The maximum absolute atomic E-state index is 12.6. The lowest BCUT2D eigenvalue weighted by atomic mass is 10.2. The largest absolute Gasteiger partial charge is 0.492 e. The Hall–Kier alpha value is -3.10. The zero-order valence-electron chi connectivity index (χ0n) is 15.2. The van der Waals surface area contributed by atoms with Crippen molar-refractivity contribution >= 4 is 21.6 Å². The van der Waals surface area contributed by atoms with Crippen LogP contribution in [0.2, 0.25) is 0 Å². The number of nitrogens with one attached hydrogen (secondary N) is 2. The Morgan fingerprint density at radius 1 is 1.07 bits per heavy atom. The average molecular weight is 400 g/mol. The summed E-state index contributed by atoms with van der Waals surface area (Å²) in [7, 11) is -3.81. The minimum Gasteiger partial charge on any atom is -0.492 e. The molecule has 0 aliphatic carbocycles. The van der Waals surface area contributed by atoms with Crippen LogP contribution >= 0.6 is 0 Å². The second-order valence-electron chi connectivity index (χ2n) is 5.82. The van der Waals surface area contributed by atoms with Crippen molar-refractivity contribution in [1.29, 1.82) is 0 Å². The fourth-order valence-electron chi connectivity index (χ4n) is 2.50. The van der Waals surface area contributed by atoms with Crippen LogP contribution in [0.4, 0.5) is 5.69 Å². The quantitative estimate of drug-likeness (QED) is 0.604. The second kappa shape index (κ2) is 8.73. The van der Waals surface area contributed by atoms with E-state index in [1.54, 1.807) is 49.4 Å². The van der Waals surface area contributed by atoms with Crippen molar-refractivity contribution in [1.82, 2.24) is 4.72 Å². The summed E-state index contributed by atoms with van der Waals surface area (Å²) in [6.45, 7) is 2.20. The molecule has 2 N–H and O–H groups in total. The van der Waals surface area contributed by atoms with E-state index in [2.05, 4.69) is 10.0 Å². The highest BCUT2D eigenvalue weighted by molar-refractivity contribution is 7.89. The van der Waals surface area contributed by atoms with Gasteiger partial charge in [-0.3, -0.25) is 4.79 Å². The zero-order valence-corrected chi connectivity index (χ0v) is 16.0. The van der Waals surface area contributed by atoms with E-state index in [-0.39, 0.29) is 23.0 Å². The van der Waals surface area contributed by atoms with Gasteiger partial charge in [0, 0.05) is 5.56 Å². The molecule has 0 fully saturated rings. The van der Waals surface area contributed by atoms with E-state index in [0.29, 0.717) is 23.7 Å². The Balaban J connectivity index is 1.85. The predicted molar refractivity (Wildman–Crippen MR) is 105 cm³/mol. The number of hydrogen-bond donors (Lipinski definition) is 2. The lowest BCUT2D eigenvalue weighted by molar-refractivity contribution is 0.102. The van der Waals surface area contributed by atoms with Gasteiger partial charge in [-0.2, -0.15) is 0 Å². The van der Waals surface area contributed by atoms with E-state index in [1.165, 1.54) is 24.5 Å². The molecule has 1 aromatic heterocycles. The Morgan fingerprint density at radius 2 is 1.86 bits per heavy atom. The number of carbonyl (C=O) groups excluding carboxylic acids is 1. The van der Waals surface area contributed by atoms with E-state index >= 15 is 0 Å². The van der Waals surface area contributed by atoms with Gasteiger partial charge in [-0.1, -0.05) is 18.2 Å². The lowest BCUT2D eigenvalue weighted by Gasteiger charge is -2.14. The number of furan rings is 1. The first-order valence-corrected chi connectivity index (χ1v) is 10.1. The molecule has 3 aromatic rings. The summed E-state index contributed by atoms with van der Waals surface area (Å²) in [4.78, 5) is 12.5. The Labute approximate surface area is 163 Å². The van der Waals surface area contributed by atoms with Gasteiger partial charge in [0.2, 0.25) is 10.0 Å². The number of amides is 1. The fraction of sp³-hybridized carbons (Fsp3) is 0.150. The van der Waals surface area contributed by atoms with Gasteiger partial charge in [0.15, 0.2) is 0 Å². The summed E-state index contributed by atoms with van der Waals surface area (Å²) < 4.78 is 38.3. The van der Waals surface area contributed by atoms with E-state index in [0.717, 1.165) is 0 Å². The van der Waals surface area contributed by atoms with Crippen molar-refractivity contribution in [2.24, 2.45) is 0 Å². The number of benzene rings is 2. The van der Waals surface area contributed by atoms with Gasteiger partial charge >= 0.3 is 0 Å². The highest BCUT2D eigenvalue weighted by atomic mass is 32.2. The van der Waals surface area contributed by atoms with Crippen molar-refractivity contribution in [3.05, 3.63) is 78.3 Å². The van der Waals surface area contributed by atoms with Gasteiger partial charge < -0.3 is 14.5 Å². The maximum Gasteiger partial charge on any atom is 0.255 e. The zero-order chi connectivity index (χ0) is 20.0. The van der Waals surface area contributed by atoms with Gasteiger partial charge in [0.05, 0.1) is 30.0 Å². The van der Waals surface area contributed by atoms with Crippen LogP contribution in [0.1, 0.15) is 23.0 Å². The molecule has 1 heterocycles. The third kappa shape index (κ3) is 4.79. The van der Waals surface area contributed by atoms with Crippen molar-refractivity contribution in [3.8, 4) is 5.75 Å². The molecule has 28 heavy (non-hydrogen) atoms. The molecule has 0 saturated heterocycles. The molecule has 8 heteroatoms. The summed E-state index contributed by atoms with van der Waals surface area (Å²) in [6, 6.07) is 16.3. The van der Waals surface area contributed by atoms with Crippen LogP contribution in [0, 0.1) is 0 Å². The number of anilines is 1. The molecule has 0 aliphatic heterocycles. The normalized spacial score (nSPS) is 11.2. The first kappa shape index (κ1) is 19.7. The molecule has 146 valence electrons. The Morgan fingerprint density at radius 3 is 2.54 bits per heavy atom. The molecule has 1 amide bonds. The van der Waals surface area contributed by atoms with Crippen LogP contribution in [-0.4, -0.2) is 20.9 Å². The Bertz CT molecular complexity index is 1030. The van der Waals surface area contributed by atoms with Crippen molar-refractivity contribution < 1.29 is 22.4 Å². The molecule has 7 nitrogen and oxygen atoms in total. The van der Waals surface area contributed by atoms with Crippen molar-refractivity contribution in [2.75, 3.05) is 11.9 Å². The summed E-state index contributed by atoms with van der Waals surface area (Å²) in [5.74, 6) is 0.517. The number of ether oxygens (including phenoxy) is 1. The number of rotatable bonds is 8. The van der Waals surface area contributed by atoms with Gasteiger partial charge in [0.1, 0.15) is 11.5 Å². The minimum atomic E-state index is -3.81. The molecular weight excluding hydrogens is 380 g/mol. The first-order chi connectivity index (χ1) is 13.5. The van der Waals surface area contributed by atoms with Crippen LogP contribution in [0.25, 0.3) is 0 Å². The van der Waals surface area contributed by atoms with E-state index < -0.39 is 10.0 Å². The standard InChI is InChI=1S/C20H20N2O5S/c1-2-26-19-11-10-17(28(24,25)21-14-16-9-6-12-27-16)13-18(19)22-20(23)15-7-4-3-5-8-15/h3-13,21H,2,14H2,1H3,(H,22,23). The molecule has 0 radical (unpaired) electrons. The maximum atomic E-state index is 12.6. The number of hydrogen-bond acceptors (Lipinski definition) is 5. The smallest absolute Gasteiger partial charge is 0.255 e. The molecule has 0 saturated carbocycles. The second-order valence-corrected chi connectivity index (χ2v) is 7.58. The van der Waals surface area contributed by atoms with Gasteiger partial charge in [-0.05, 0) is 49.4 Å². The summed E-state index contributed by atoms with van der Waals surface area (Å²) in [5, 5.41) is 2.72. The SMILES string of the molecule is CCOc1ccc(S(=O)(=O)NCc2ccco2)cc1NC(=O)c1ccccc1. The van der Waals surface area contributed by atoms with Crippen molar-refractivity contribution in [3.63, 3.8) is 0 Å². The van der Waals surface area contributed by atoms with Crippen LogP contribution in [0.3, 0.4) is 0 Å². The fourth-order valence-corrected chi connectivity index (χ4v) is 3.52. The first-order valence-electron chi connectivity index (χ1n) is 8.65. The third-order valence-corrected chi connectivity index (χ3v) is 5.26. The van der Waals surface area contributed by atoms with Gasteiger partial charge in [0.25, 0.3) is 5.91 Å². The van der Waals surface area contributed by atoms with Crippen LogP contribution in [0.15, 0.2) is 76.2 Å². The molecule has 0 atom stereocenters. The van der Waals surface area contributed by atoms with E-state index in [4.69, 9.17) is 9.15 Å². The Kier molecular flexibility index (Phi) is 6.13. The van der Waals surface area contributed by atoms with Crippen molar-refractivity contribution in [2.45, 2.75) is 18.4 Å². The van der Waals surface area contributed by atoms with Crippen LogP contribution in [0.5, 0.6) is 5.75 Å². The summed E-state index contributed by atoms with van der Waals surface area (Å²) in [6.07, 6.45) is 1.47. The highest BCUT2D eigenvalue weighted by Gasteiger charge is 2.18. The molecule has 0 aliphatic rings. The minimum absolute atomic E-state index is 0.00544. The van der Waals surface area contributed by atoms with Gasteiger partial charge in [-0.25, -0.2) is 13.1 Å². The number of carbonyl (C=O) groups is 1. The highest BCUT2D eigenvalue weighted by Crippen LogP contribution is 2.28. The topological polar surface area (TPSA) is 97.6 Å². The molecule has 0 bridgehead atoms. The third-order valence-electron chi connectivity index (χ3n) is 3.86. The lowest BCUT2D eigenvalue weighted by Crippen LogP contribution is -2.23. The molecule has 2 aromatic carbocycles. The average Bonchev–Trinajstić information content (AvgIpc) is 3.22. The molecule has 0 unspecified atom stereocenters. The van der Waals surface area contributed by atoms with Crippen LogP contribution in [-0.2, 0) is 16.6 Å². The van der Waals surface area contributed by atoms with E-state index in [1.807, 2.05) is 0 Å². The number of sulfonamides is 1. The predicted octanol–water partition coefficient (Wildman–Crippen LogP) is 3.41.